The molecular formula is C22H26N4O4S2. The van der Waals surface area contributed by atoms with E-state index in [2.05, 4.69) is 10.2 Å². The third-order valence-electron chi connectivity index (χ3n) is 5.25. The first-order valence-corrected chi connectivity index (χ1v) is 13.3. The van der Waals surface area contributed by atoms with Crippen LogP contribution in [-0.4, -0.2) is 63.8 Å². The van der Waals surface area contributed by atoms with Crippen molar-refractivity contribution in [1.82, 2.24) is 19.7 Å². The van der Waals surface area contributed by atoms with E-state index in [4.69, 9.17) is 4.42 Å². The summed E-state index contributed by atoms with van der Waals surface area (Å²) >= 11 is 1.29. The van der Waals surface area contributed by atoms with Gasteiger partial charge in [-0.1, -0.05) is 43.8 Å². The molecule has 1 aliphatic rings. The maximum Gasteiger partial charge on any atom is 0.233 e. The van der Waals surface area contributed by atoms with Gasteiger partial charge in [-0.15, -0.1) is 10.2 Å². The van der Waals surface area contributed by atoms with Gasteiger partial charge in [0.15, 0.2) is 20.8 Å². The Hall–Kier alpha value is -2.59. The van der Waals surface area contributed by atoms with Crippen molar-refractivity contribution in [1.29, 1.82) is 0 Å². The molecular weight excluding hydrogens is 448 g/mol. The van der Waals surface area contributed by atoms with Crippen LogP contribution in [0.2, 0.25) is 0 Å². The monoisotopic (exact) mass is 474 g/mol. The van der Waals surface area contributed by atoms with Crippen molar-refractivity contribution in [3.63, 3.8) is 0 Å². The average molecular weight is 475 g/mol. The molecule has 0 aliphatic carbocycles. The van der Waals surface area contributed by atoms with Crippen LogP contribution in [0.4, 0.5) is 0 Å². The second-order valence-electron chi connectivity index (χ2n) is 8.24. The van der Waals surface area contributed by atoms with Gasteiger partial charge in [-0.05, 0) is 36.6 Å². The number of nitrogens with zero attached hydrogens (tertiary/aromatic N) is 4. The number of benzene rings is 1. The van der Waals surface area contributed by atoms with Crippen LogP contribution in [0, 0.1) is 5.92 Å². The zero-order valence-electron chi connectivity index (χ0n) is 18.0. The Morgan fingerprint density at radius 2 is 2.00 bits per heavy atom. The normalized spacial score (nSPS) is 17.7. The molecule has 0 radical (unpaired) electrons. The van der Waals surface area contributed by atoms with Crippen LogP contribution in [-0.2, 0) is 14.6 Å². The van der Waals surface area contributed by atoms with Crippen LogP contribution >= 0.6 is 11.8 Å². The molecule has 1 fully saturated rings. The number of furan rings is 1. The van der Waals surface area contributed by atoms with Gasteiger partial charge in [0.25, 0.3) is 0 Å². The summed E-state index contributed by atoms with van der Waals surface area (Å²) in [5.74, 6) is 1.61. The molecule has 1 atom stereocenters. The van der Waals surface area contributed by atoms with Gasteiger partial charge in [-0.25, -0.2) is 8.42 Å². The number of rotatable bonds is 8. The van der Waals surface area contributed by atoms with E-state index < -0.39 is 9.84 Å². The number of hydrogen-bond acceptors (Lipinski definition) is 7. The van der Waals surface area contributed by atoms with Gasteiger partial charge < -0.3 is 9.32 Å². The molecule has 2 aromatic heterocycles. The lowest BCUT2D eigenvalue weighted by atomic mass is 10.1. The molecule has 0 saturated carbocycles. The fraction of sp³-hybridized carbons (Fsp3) is 0.409. The largest absolute Gasteiger partial charge is 0.461 e. The van der Waals surface area contributed by atoms with Crippen molar-refractivity contribution < 1.29 is 17.6 Å². The molecule has 3 aromatic rings. The highest BCUT2D eigenvalue weighted by atomic mass is 32.2. The Labute approximate surface area is 191 Å². The van der Waals surface area contributed by atoms with Gasteiger partial charge in [-0.3, -0.25) is 9.36 Å². The Kier molecular flexibility index (Phi) is 6.71. The quantitative estimate of drug-likeness (QED) is 0.462. The molecule has 1 aromatic carbocycles. The van der Waals surface area contributed by atoms with Crippen LogP contribution in [0.3, 0.4) is 0 Å². The number of carbonyl (C=O) groups excluding carboxylic acids is 1. The molecule has 0 N–H and O–H groups in total. The van der Waals surface area contributed by atoms with Crippen LogP contribution < -0.4 is 0 Å². The Bertz CT molecular complexity index is 1160. The number of thioether (sulfide) groups is 1. The molecule has 3 heterocycles. The Balaban J connectivity index is 1.57. The lowest BCUT2D eigenvalue weighted by Gasteiger charge is -2.29. The van der Waals surface area contributed by atoms with Crippen molar-refractivity contribution in [2.45, 2.75) is 31.5 Å². The second kappa shape index (κ2) is 9.50. The molecule has 8 nitrogen and oxygen atoms in total. The van der Waals surface area contributed by atoms with E-state index >= 15 is 0 Å². The van der Waals surface area contributed by atoms with Gasteiger partial charge in [0.05, 0.1) is 23.5 Å². The van der Waals surface area contributed by atoms with Crippen molar-refractivity contribution >= 4 is 27.5 Å². The molecule has 0 unspecified atom stereocenters. The minimum Gasteiger partial charge on any atom is -0.461 e. The number of sulfone groups is 1. The smallest absolute Gasteiger partial charge is 0.233 e. The van der Waals surface area contributed by atoms with Gasteiger partial charge in [-0.2, -0.15) is 0 Å². The minimum atomic E-state index is -3.08. The SMILES string of the molecule is CC(C)CN(C(=O)CSc1nnc(-c2ccco2)n1-c1ccccc1)[C@H]1CCS(=O)(=O)C1. The molecule has 0 bridgehead atoms. The summed E-state index contributed by atoms with van der Waals surface area (Å²) in [6.45, 7) is 4.58. The third kappa shape index (κ3) is 5.07. The molecule has 32 heavy (non-hydrogen) atoms. The van der Waals surface area contributed by atoms with Crippen LogP contribution in [0.25, 0.3) is 17.3 Å². The number of aromatic nitrogens is 3. The molecule has 4 rings (SSSR count). The number of carbonyl (C=O) groups is 1. The van der Waals surface area contributed by atoms with E-state index in [1.165, 1.54) is 11.8 Å². The van der Waals surface area contributed by atoms with Crippen LogP contribution in [0.1, 0.15) is 20.3 Å². The van der Waals surface area contributed by atoms with Crippen molar-refractivity contribution in [2.75, 3.05) is 23.8 Å². The number of hydrogen-bond donors (Lipinski definition) is 0. The number of amides is 1. The van der Waals surface area contributed by atoms with Gasteiger partial charge in [0.1, 0.15) is 0 Å². The van der Waals surface area contributed by atoms with Gasteiger partial charge >= 0.3 is 0 Å². The van der Waals surface area contributed by atoms with E-state index in [0.29, 0.717) is 29.7 Å². The third-order valence-corrected chi connectivity index (χ3v) is 7.91. The van der Waals surface area contributed by atoms with Crippen molar-refractivity contribution in [2.24, 2.45) is 5.92 Å². The standard InChI is InChI=1S/C22H26N4O4S2/c1-16(2)13-25(18-10-12-32(28,29)15-18)20(27)14-31-22-24-23-21(19-9-6-11-30-19)26(22)17-7-4-3-5-8-17/h3-9,11,16,18H,10,12-15H2,1-2H3/t18-/m0/s1. The van der Waals surface area contributed by atoms with E-state index in [9.17, 15) is 13.2 Å². The highest BCUT2D eigenvalue weighted by Gasteiger charge is 2.35. The van der Waals surface area contributed by atoms with E-state index in [0.717, 1.165) is 5.69 Å². The summed E-state index contributed by atoms with van der Waals surface area (Å²) in [7, 11) is -3.08. The molecule has 1 saturated heterocycles. The van der Waals surface area contributed by atoms with E-state index in [-0.39, 0.29) is 35.1 Å². The Morgan fingerprint density at radius 3 is 2.62 bits per heavy atom. The van der Waals surface area contributed by atoms with E-state index in [1.807, 2.05) is 54.8 Å². The summed E-state index contributed by atoms with van der Waals surface area (Å²) in [5, 5.41) is 9.18. The summed E-state index contributed by atoms with van der Waals surface area (Å²) in [6, 6.07) is 13.0. The summed E-state index contributed by atoms with van der Waals surface area (Å²) in [4.78, 5) is 14.9. The summed E-state index contributed by atoms with van der Waals surface area (Å²) < 4.78 is 31.3. The van der Waals surface area contributed by atoms with Crippen LogP contribution in [0.15, 0.2) is 58.3 Å². The van der Waals surface area contributed by atoms with Crippen LogP contribution in [0.5, 0.6) is 0 Å². The minimum absolute atomic E-state index is 0.0406. The fourth-order valence-corrected chi connectivity index (χ4v) is 6.39. The summed E-state index contributed by atoms with van der Waals surface area (Å²) in [6.07, 6.45) is 2.07. The first-order chi connectivity index (χ1) is 15.3. The van der Waals surface area contributed by atoms with E-state index in [1.54, 1.807) is 17.2 Å². The predicted octanol–water partition coefficient (Wildman–Crippen LogP) is 3.29. The molecule has 170 valence electrons. The zero-order chi connectivity index (χ0) is 22.7. The first kappa shape index (κ1) is 22.6. The lowest BCUT2D eigenvalue weighted by Crippen LogP contribution is -2.44. The summed E-state index contributed by atoms with van der Waals surface area (Å²) in [5.41, 5.74) is 0.861. The molecule has 10 heteroatoms. The Morgan fingerprint density at radius 1 is 1.22 bits per heavy atom. The zero-order valence-corrected chi connectivity index (χ0v) is 19.7. The van der Waals surface area contributed by atoms with Crippen molar-refractivity contribution in [3.05, 3.63) is 48.7 Å². The number of para-hydroxylation sites is 1. The maximum atomic E-state index is 13.2. The fourth-order valence-electron chi connectivity index (χ4n) is 3.82. The molecule has 1 aliphatic heterocycles. The molecule has 1 amide bonds. The first-order valence-electron chi connectivity index (χ1n) is 10.5. The highest BCUT2D eigenvalue weighted by molar-refractivity contribution is 7.99. The average Bonchev–Trinajstić information content (AvgIpc) is 3.50. The van der Waals surface area contributed by atoms with Crippen molar-refractivity contribution in [3.8, 4) is 17.3 Å². The predicted molar refractivity (Wildman–Crippen MR) is 123 cm³/mol. The maximum absolute atomic E-state index is 13.2. The van der Waals surface area contributed by atoms with Gasteiger partial charge in [0, 0.05) is 18.3 Å². The van der Waals surface area contributed by atoms with Gasteiger partial charge in [0.2, 0.25) is 11.7 Å². The highest BCUT2D eigenvalue weighted by Crippen LogP contribution is 2.29. The molecule has 0 spiro atoms. The topological polar surface area (TPSA) is 98.3 Å². The lowest BCUT2D eigenvalue weighted by molar-refractivity contribution is -0.130. The second-order valence-corrected chi connectivity index (χ2v) is 11.4.